The molecule has 4 aliphatic carbocycles. The molecule has 4 aliphatic rings. The zero-order chi connectivity index (χ0) is 33.2. The van der Waals surface area contributed by atoms with Gasteiger partial charge in [0.15, 0.2) is 0 Å². The summed E-state index contributed by atoms with van der Waals surface area (Å²) in [4.78, 5) is 0. The van der Waals surface area contributed by atoms with Crippen molar-refractivity contribution in [1.29, 1.82) is 0 Å². The first-order valence-corrected chi connectivity index (χ1v) is 21.8. The molecule has 0 bridgehead atoms. The van der Waals surface area contributed by atoms with Crippen LogP contribution in [0.2, 0.25) is 3.63 Å². The van der Waals surface area contributed by atoms with Crippen LogP contribution in [0.1, 0.15) is 98.9 Å². The van der Waals surface area contributed by atoms with Crippen LogP contribution in [0.25, 0.3) is 22.3 Å². The van der Waals surface area contributed by atoms with Gasteiger partial charge in [-0.3, -0.25) is 0 Å². The molecule has 0 aliphatic heterocycles. The van der Waals surface area contributed by atoms with Gasteiger partial charge < -0.3 is 24.8 Å². The average Bonchev–Trinajstić information content (AvgIpc) is 3.73. The number of hydrogen-bond donors (Lipinski definition) is 0. The standard InChI is InChI=1S/C27H29.C15H14.C5H5.2ClH.Zr/c1-16-7-9-26(3,4)24-12-18-11-19-13-25-21(17(2)8-10-27(25,5)6)15-23(19)22(18)14-20(16)24;1-3-8-14(9-4-1)12-7-13-15-10-5-2-6-11-15;1-2-4-5-3-1;;;/h7-9,12-15H,10-11H2,1-6H3;1-6,8-11H,12-13H2;1-3H,4H2;2*1H;/q;;;;;+2/p-2. The van der Waals surface area contributed by atoms with E-state index in [1.807, 2.05) is 3.21 Å². The topological polar surface area (TPSA) is 0 Å². The quantitative estimate of drug-likeness (QED) is 0.200. The Balaban J connectivity index is 0.00000216. The molecule has 0 aromatic heterocycles. The second-order valence-electron chi connectivity index (χ2n) is 16.0. The largest absolute Gasteiger partial charge is 1.00 e. The number of allylic oxidation sites excluding steroid dienone is 8. The van der Waals surface area contributed by atoms with Crippen molar-refractivity contribution >= 4 is 14.4 Å². The van der Waals surface area contributed by atoms with Crippen molar-refractivity contribution in [3.05, 3.63) is 163 Å². The third-order valence-corrected chi connectivity index (χ3v) is 20.9. The van der Waals surface area contributed by atoms with Gasteiger partial charge in [-0.15, -0.1) is 0 Å². The molecular weight excluding hydrogens is 727 g/mol. The molecule has 0 N–H and O–H groups in total. The van der Waals surface area contributed by atoms with Crippen LogP contribution < -0.4 is 24.8 Å². The summed E-state index contributed by atoms with van der Waals surface area (Å²) in [6.45, 7) is 14.7. The minimum atomic E-state index is -2.46. The monoisotopic (exact) mass is 772 g/mol. The summed E-state index contributed by atoms with van der Waals surface area (Å²) in [5.74, 6) is 0. The molecule has 0 heterocycles. The number of halogens is 2. The summed E-state index contributed by atoms with van der Waals surface area (Å²) in [5, 5.41) is 0. The molecule has 0 nitrogen and oxygen atoms in total. The molecule has 0 amide bonds. The maximum Gasteiger partial charge on any atom is -1.00 e. The SMILES string of the molecule is CC1=CCC(C)(C)c2cc3c(cc21)-c1cc2c(cc1C3)C(C)(C)[CH]([Zr+2]([C]1=CC=CC1)=[C](Cc1ccccc1)Cc1ccccc1)C=C2C.[Cl-].[Cl-]. The summed E-state index contributed by atoms with van der Waals surface area (Å²) in [7, 11) is 0. The third kappa shape index (κ3) is 6.53. The summed E-state index contributed by atoms with van der Waals surface area (Å²) >= 11 is -2.46. The van der Waals surface area contributed by atoms with Crippen molar-refractivity contribution < 1.29 is 46.1 Å². The van der Waals surface area contributed by atoms with Crippen LogP contribution >= 0.6 is 0 Å². The first kappa shape index (κ1) is 36.9. The van der Waals surface area contributed by atoms with Crippen LogP contribution in [-0.4, -0.2) is 3.21 Å². The van der Waals surface area contributed by atoms with Gasteiger partial charge in [0.2, 0.25) is 0 Å². The molecule has 1 unspecified atom stereocenters. The molecule has 0 radical (unpaired) electrons. The van der Waals surface area contributed by atoms with E-state index in [-0.39, 0.29) is 35.6 Å². The second-order valence-corrected chi connectivity index (χ2v) is 22.9. The smallest absolute Gasteiger partial charge is 1.00 e. The molecule has 254 valence electrons. The van der Waals surface area contributed by atoms with Crippen molar-refractivity contribution in [1.82, 2.24) is 0 Å². The van der Waals surface area contributed by atoms with Crippen LogP contribution in [0.4, 0.5) is 0 Å². The summed E-state index contributed by atoms with van der Waals surface area (Å²) in [5.41, 5.74) is 18.1. The first-order chi connectivity index (χ1) is 23.1. The van der Waals surface area contributed by atoms with Crippen molar-refractivity contribution in [2.24, 2.45) is 0 Å². The van der Waals surface area contributed by atoms with Gasteiger partial charge >= 0.3 is 298 Å². The zero-order valence-corrected chi connectivity index (χ0v) is 34.3. The van der Waals surface area contributed by atoms with Crippen molar-refractivity contribution in [3.8, 4) is 11.1 Å². The van der Waals surface area contributed by atoms with Crippen LogP contribution in [0.3, 0.4) is 0 Å². The van der Waals surface area contributed by atoms with E-state index in [4.69, 9.17) is 0 Å². The maximum absolute atomic E-state index is 2.75. The predicted octanol–water partition coefficient (Wildman–Crippen LogP) is 5.95. The van der Waals surface area contributed by atoms with E-state index in [9.17, 15) is 0 Å². The number of hydrogen-bond acceptors (Lipinski definition) is 0. The van der Waals surface area contributed by atoms with Crippen LogP contribution in [-0.2, 0) is 51.4 Å². The Hall–Kier alpha value is -2.83. The summed E-state index contributed by atoms with van der Waals surface area (Å²) in [6.07, 6.45) is 17.9. The third-order valence-electron chi connectivity index (χ3n) is 11.9. The van der Waals surface area contributed by atoms with Crippen molar-refractivity contribution in [3.63, 3.8) is 0 Å². The summed E-state index contributed by atoms with van der Waals surface area (Å²) in [6, 6.07) is 32.9. The molecule has 1 atom stereocenters. The van der Waals surface area contributed by atoms with Gasteiger partial charge in [0.05, 0.1) is 0 Å². The van der Waals surface area contributed by atoms with Gasteiger partial charge in [0.25, 0.3) is 0 Å². The van der Waals surface area contributed by atoms with Crippen LogP contribution in [0.15, 0.2) is 119 Å². The number of benzene rings is 4. The normalized spacial score (nSPS) is 18.4. The minimum Gasteiger partial charge on any atom is -1.00 e. The van der Waals surface area contributed by atoms with Gasteiger partial charge in [-0.1, -0.05) is 0 Å². The zero-order valence-electron chi connectivity index (χ0n) is 30.3. The Morgan fingerprint density at radius 1 is 0.700 bits per heavy atom. The average molecular weight is 775 g/mol. The van der Waals surface area contributed by atoms with E-state index in [0.717, 1.165) is 32.1 Å². The van der Waals surface area contributed by atoms with Gasteiger partial charge in [-0.05, 0) is 0 Å². The van der Waals surface area contributed by atoms with E-state index in [1.165, 1.54) is 61.2 Å². The summed E-state index contributed by atoms with van der Waals surface area (Å²) < 4.78 is 4.14. The first-order valence-electron chi connectivity index (χ1n) is 18.0. The fourth-order valence-electron chi connectivity index (χ4n) is 9.05. The fourth-order valence-corrected chi connectivity index (χ4v) is 18.9. The minimum absolute atomic E-state index is 0. The maximum atomic E-state index is 2.75. The Morgan fingerprint density at radius 3 is 1.82 bits per heavy atom. The van der Waals surface area contributed by atoms with E-state index in [2.05, 4.69) is 157 Å². The number of rotatable bonds is 6. The molecule has 4 aromatic carbocycles. The van der Waals surface area contributed by atoms with Crippen molar-refractivity contribution in [2.45, 2.75) is 88.1 Å². The van der Waals surface area contributed by atoms with E-state index >= 15 is 0 Å². The molecule has 0 spiro atoms. The molecule has 4 aromatic rings. The predicted molar refractivity (Wildman–Crippen MR) is 204 cm³/mol. The molecule has 0 saturated carbocycles. The molecule has 50 heavy (non-hydrogen) atoms. The van der Waals surface area contributed by atoms with Crippen molar-refractivity contribution in [2.75, 3.05) is 0 Å². The Bertz CT molecular complexity index is 2060. The molecular formula is C47H48Cl2Zr. The number of fused-ring (bicyclic) bond motifs is 5. The molecule has 3 heteroatoms. The van der Waals surface area contributed by atoms with Gasteiger partial charge in [-0.25, -0.2) is 0 Å². The van der Waals surface area contributed by atoms with Crippen LogP contribution in [0.5, 0.6) is 0 Å². The van der Waals surface area contributed by atoms with E-state index in [1.54, 1.807) is 8.84 Å². The van der Waals surface area contributed by atoms with Gasteiger partial charge in [0, 0.05) is 0 Å². The van der Waals surface area contributed by atoms with Gasteiger partial charge in [0.1, 0.15) is 0 Å². The Morgan fingerprint density at radius 2 is 1.26 bits per heavy atom. The molecule has 8 rings (SSSR count). The Kier molecular flexibility index (Phi) is 10.6. The molecule has 0 fully saturated rings. The molecule has 0 saturated heterocycles. The van der Waals surface area contributed by atoms with Gasteiger partial charge in [-0.2, -0.15) is 0 Å². The second kappa shape index (κ2) is 14.3. The Labute approximate surface area is 320 Å². The fraction of sp³-hybridized carbons (Fsp3) is 0.298. The van der Waals surface area contributed by atoms with Crippen LogP contribution in [0, 0.1) is 0 Å². The van der Waals surface area contributed by atoms with E-state index in [0.29, 0.717) is 3.63 Å². The van der Waals surface area contributed by atoms with E-state index < -0.39 is 21.3 Å².